The number of hydrogen-bond acceptors (Lipinski definition) is 2. The second-order valence-electron chi connectivity index (χ2n) is 3.21. The Balaban J connectivity index is 2.58. The molecule has 0 saturated heterocycles. The molecule has 1 aromatic heterocycles. The number of aryl methyl sites for hydroxylation is 1. The normalized spacial score (nSPS) is 10.8. The van der Waals surface area contributed by atoms with Gasteiger partial charge in [0.1, 0.15) is 11.6 Å². The van der Waals surface area contributed by atoms with Gasteiger partial charge in [0.25, 0.3) is 0 Å². The van der Waals surface area contributed by atoms with Gasteiger partial charge < -0.3 is 0 Å². The Morgan fingerprint density at radius 3 is 2.75 bits per heavy atom. The van der Waals surface area contributed by atoms with E-state index in [9.17, 15) is 4.39 Å². The first kappa shape index (κ1) is 11.4. The maximum absolute atomic E-state index is 13.6. The highest BCUT2D eigenvalue weighted by molar-refractivity contribution is 6.33. The standard InChI is InChI=1S/C10H8Cl2FN3/c1-16-8(5-11)14-10(15-16)9-6(12)3-2-4-7(9)13/h2-4H,5H2,1H3. The number of nitrogens with zero attached hydrogens (tertiary/aromatic N) is 3. The lowest BCUT2D eigenvalue weighted by atomic mass is 10.2. The average molecular weight is 260 g/mol. The van der Waals surface area contributed by atoms with Crippen LogP contribution in [0.4, 0.5) is 4.39 Å². The summed E-state index contributed by atoms with van der Waals surface area (Å²) in [5, 5.41) is 4.35. The van der Waals surface area contributed by atoms with Crippen LogP contribution in [0.2, 0.25) is 5.02 Å². The Morgan fingerprint density at radius 2 is 2.19 bits per heavy atom. The summed E-state index contributed by atoms with van der Waals surface area (Å²) in [5.74, 6) is 0.590. The third-order valence-corrected chi connectivity index (χ3v) is 2.71. The Bertz CT molecular complexity index is 505. The van der Waals surface area contributed by atoms with Gasteiger partial charge in [0.05, 0.1) is 16.5 Å². The molecule has 0 aliphatic rings. The molecule has 0 spiro atoms. The van der Waals surface area contributed by atoms with Gasteiger partial charge in [-0.05, 0) is 12.1 Å². The third kappa shape index (κ3) is 1.90. The van der Waals surface area contributed by atoms with E-state index in [-0.39, 0.29) is 22.3 Å². The van der Waals surface area contributed by atoms with E-state index in [0.29, 0.717) is 5.82 Å². The largest absolute Gasteiger partial charge is 0.251 e. The molecule has 2 rings (SSSR count). The highest BCUT2D eigenvalue weighted by Gasteiger charge is 2.15. The van der Waals surface area contributed by atoms with Crippen LogP contribution in [0.15, 0.2) is 18.2 Å². The topological polar surface area (TPSA) is 30.7 Å². The number of halogens is 3. The Labute approximate surface area is 102 Å². The lowest BCUT2D eigenvalue weighted by molar-refractivity contribution is 0.629. The molecule has 0 saturated carbocycles. The fourth-order valence-electron chi connectivity index (χ4n) is 1.35. The summed E-state index contributed by atoms with van der Waals surface area (Å²) in [7, 11) is 1.70. The molecule has 0 fully saturated rings. The first-order valence-corrected chi connectivity index (χ1v) is 5.45. The van der Waals surface area contributed by atoms with Crippen LogP contribution in [0.5, 0.6) is 0 Å². The van der Waals surface area contributed by atoms with Crippen LogP contribution in [0.1, 0.15) is 5.82 Å². The van der Waals surface area contributed by atoms with Crippen LogP contribution < -0.4 is 0 Å². The summed E-state index contributed by atoms with van der Waals surface area (Å²) in [5.41, 5.74) is 0.205. The van der Waals surface area contributed by atoms with E-state index in [1.54, 1.807) is 13.1 Å². The minimum atomic E-state index is -0.445. The molecule has 0 amide bonds. The van der Waals surface area contributed by atoms with E-state index >= 15 is 0 Å². The molecule has 84 valence electrons. The highest BCUT2D eigenvalue weighted by atomic mass is 35.5. The first-order chi connectivity index (χ1) is 7.63. The van der Waals surface area contributed by atoms with Gasteiger partial charge >= 0.3 is 0 Å². The number of rotatable bonds is 2. The highest BCUT2D eigenvalue weighted by Crippen LogP contribution is 2.28. The lowest BCUT2D eigenvalue weighted by Gasteiger charge is -1.99. The van der Waals surface area contributed by atoms with Crippen LogP contribution in [-0.2, 0) is 12.9 Å². The molecule has 0 aliphatic heterocycles. The monoisotopic (exact) mass is 259 g/mol. The molecule has 0 radical (unpaired) electrons. The van der Waals surface area contributed by atoms with Crippen molar-refractivity contribution in [3.8, 4) is 11.4 Å². The fourth-order valence-corrected chi connectivity index (χ4v) is 1.83. The van der Waals surface area contributed by atoms with E-state index < -0.39 is 5.82 Å². The predicted molar refractivity (Wildman–Crippen MR) is 61.0 cm³/mol. The van der Waals surface area contributed by atoms with Crippen LogP contribution >= 0.6 is 23.2 Å². The fraction of sp³-hybridized carbons (Fsp3) is 0.200. The zero-order valence-corrected chi connectivity index (χ0v) is 9.93. The van der Waals surface area contributed by atoms with Crippen molar-refractivity contribution in [2.75, 3.05) is 0 Å². The molecule has 0 N–H and O–H groups in total. The molecule has 0 bridgehead atoms. The molecule has 0 aliphatic carbocycles. The van der Waals surface area contributed by atoms with Gasteiger partial charge in [-0.15, -0.1) is 11.6 Å². The van der Waals surface area contributed by atoms with Crippen molar-refractivity contribution in [1.82, 2.24) is 14.8 Å². The summed E-state index contributed by atoms with van der Waals surface area (Å²) in [6.45, 7) is 0. The van der Waals surface area contributed by atoms with Crippen molar-refractivity contribution in [3.05, 3.63) is 34.9 Å². The van der Waals surface area contributed by atoms with Crippen LogP contribution in [-0.4, -0.2) is 14.8 Å². The molecule has 0 atom stereocenters. The first-order valence-electron chi connectivity index (χ1n) is 4.53. The number of benzene rings is 1. The SMILES string of the molecule is Cn1nc(-c2c(F)cccc2Cl)nc1CCl. The Morgan fingerprint density at radius 1 is 1.44 bits per heavy atom. The summed E-state index contributed by atoms with van der Waals surface area (Å²) < 4.78 is 15.1. The van der Waals surface area contributed by atoms with Gasteiger partial charge in [0.15, 0.2) is 5.82 Å². The second kappa shape index (κ2) is 4.39. The molecular formula is C10H8Cl2FN3. The van der Waals surface area contributed by atoms with E-state index in [4.69, 9.17) is 23.2 Å². The molecule has 0 unspecified atom stereocenters. The van der Waals surface area contributed by atoms with Crippen LogP contribution in [0.3, 0.4) is 0 Å². The van der Waals surface area contributed by atoms with E-state index in [1.165, 1.54) is 16.8 Å². The van der Waals surface area contributed by atoms with E-state index in [1.807, 2.05) is 0 Å². The summed E-state index contributed by atoms with van der Waals surface area (Å²) in [6.07, 6.45) is 0. The quantitative estimate of drug-likeness (QED) is 0.777. The van der Waals surface area contributed by atoms with Gasteiger partial charge in [-0.25, -0.2) is 9.37 Å². The maximum atomic E-state index is 13.6. The molecule has 1 aromatic carbocycles. The van der Waals surface area contributed by atoms with Crippen molar-refractivity contribution in [2.24, 2.45) is 7.05 Å². The summed E-state index contributed by atoms with van der Waals surface area (Å²) in [4.78, 5) is 4.12. The van der Waals surface area contributed by atoms with Gasteiger partial charge in [-0.3, -0.25) is 4.68 Å². The minimum Gasteiger partial charge on any atom is -0.251 e. The molecule has 16 heavy (non-hydrogen) atoms. The zero-order valence-electron chi connectivity index (χ0n) is 8.41. The number of alkyl halides is 1. The van der Waals surface area contributed by atoms with E-state index in [2.05, 4.69) is 10.1 Å². The summed E-state index contributed by atoms with van der Waals surface area (Å²) in [6, 6.07) is 4.45. The molecule has 3 nitrogen and oxygen atoms in total. The minimum absolute atomic E-state index is 0.205. The van der Waals surface area contributed by atoms with Crippen molar-refractivity contribution < 1.29 is 4.39 Å². The number of hydrogen-bond donors (Lipinski definition) is 0. The zero-order chi connectivity index (χ0) is 11.7. The lowest BCUT2D eigenvalue weighted by Crippen LogP contribution is -1.95. The second-order valence-corrected chi connectivity index (χ2v) is 3.88. The van der Waals surface area contributed by atoms with Gasteiger partial charge in [-0.1, -0.05) is 17.7 Å². The van der Waals surface area contributed by atoms with Crippen molar-refractivity contribution in [2.45, 2.75) is 5.88 Å². The van der Waals surface area contributed by atoms with Crippen LogP contribution in [0, 0.1) is 5.82 Å². The van der Waals surface area contributed by atoms with Gasteiger partial charge in [0, 0.05) is 7.05 Å². The van der Waals surface area contributed by atoms with Crippen molar-refractivity contribution in [3.63, 3.8) is 0 Å². The van der Waals surface area contributed by atoms with Gasteiger partial charge in [0.2, 0.25) is 0 Å². The smallest absolute Gasteiger partial charge is 0.185 e. The molecular weight excluding hydrogens is 252 g/mol. The van der Waals surface area contributed by atoms with Crippen molar-refractivity contribution >= 4 is 23.2 Å². The Kier molecular flexibility index (Phi) is 3.12. The van der Waals surface area contributed by atoms with E-state index in [0.717, 1.165) is 0 Å². The van der Waals surface area contributed by atoms with Crippen LogP contribution in [0.25, 0.3) is 11.4 Å². The summed E-state index contributed by atoms with van der Waals surface area (Å²) >= 11 is 11.6. The predicted octanol–water partition coefficient (Wildman–Crippen LogP) is 3.01. The van der Waals surface area contributed by atoms with Crippen molar-refractivity contribution in [1.29, 1.82) is 0 Å². The average Bonchev–Trinajstić information content (AvgIpc) is 2.59. The maximum Gasteiger partial charge on any atom is 0.185 e. The Hall–Kier alpha value is -1.13. The number of aromatic nitrogens is 3. The molecule has 6 heteroatoms. The molecule has 2 aromatic rings. The third-order valence-electron chi connectivity index (χ3n) is 2.16. The molecule has 1 heterocycles. The van der Waals surface area contributed by atoms with Gasteiger partial charge in [-0.2, -0.15) is 5.10 Å².